The Morgan fingerprint density at radius 3 is 2.67 bits per heavy atom. The van der Waals surface area contributed by atoms with E-state index in [-0.39, 0.29) is 12.2 Å². The normalized spacial score (nSPS) is 21.6. The minimum absolute atomic E-state index is 0.00750. The molecule has 2 atom stereocenters. The fourth-order valence-corrected chi connectivity index (χ4v) is 3.08. The molecular formula is C21H27N3O3. The molecule has 0 bridgehead atoms. The Kier molecular flexibility index (Phi) is 6.45. The topological polar surface area (TPSA) is 55.3 Å². The second-order valence-electron chi connectivity index (χ2n) is 6.75. The number of hydrogen-bond acceptors (Lipinski definition) is 6. The first kappa shape index (κ1) is 19.4. The van der Waals surface area contributed by atoms with Crippen molar-refractivity contribution in [3.8, 4) is 5.75 Å². The maximum Gasteiger partial charge on any atom is 0.129 e. The van der Waals surface area contributed by atoms with Crippen molar-refractivity contribution in [2.75, 3.05) is 20.8 Å². The predicted molar refractivity (Wildman–Crippen MR) is 107 cm³/mol. The van der Waals surface area contributed by atoms with Gasteiger partial charge in [0, 0.05) is 12.2 Å². The van der Waals surface area contributed by atoms with Crippen LogP contribution < -0.4 is 10.1 Å². The molecule has 2 aliphatic rings. The first-order chi connectivity index (χ1) is 13.1. The highest BCUT2D eigenvalue weighted by Crippen LogP contribution is 2.24. The van der Waals surface area contributed by atoms with Gasteiger partial charge in [0.2, 0.25) is 0 Å². The molecule has 0 aromatic heterocycles. The van der Waals surface area contributed by atoms with Crippen LogP contribution in [-0.4, -0.2) is 49.8 Å². The number of methoxy groups -OCH3 is 1. The van der Waals surface area contributed by atoms with Gasteiger partial charge in [-0.15, -0.1) is 0 Å². The minimum Gasteiger partial charge on any atom is -0.497 e. The fourth-order valence-electron chi connectivity index (χ4n) is 3.08. The lowest BCUT2D eigenvalue weighted by molar-refractivity contribution is -0.264. The van der Waals surface area contributed by atoms with E-state index >= 15 is 0 Å². The molecule has 1 N–H and O–H groups in total. The SMILES string of the molecule is COOCC1=CC2=NC(/C=C/c3ccc(OC)cc3)C(NC(C)C)N2C=C1. The van der Waals surface area contributed by atoms with Crippen molar-refractivity contribution in [3.05, 3.63) is 59.8 Å². The number of nitrogens with zero attached hydrogens (tertiary/aromatic N) is 2. The molecule has 0 fully saturated rings. The molecule has 6 heteroatoms. The third-order valence-corrected chi connectivity index (χ3v) is 4.38. The number of aliphatic imine (C=N–C) groups is 1. The highest BCUT2D eigenvalue weighted by Gasteiger charge is 2.34. The average Bonchev–Trinajstić information content (AvgIpc) is 3.01. The van der Waals surface area contributed by atoms with Gasteiger partial charge >= 0.3 is 0 Å². The molecule has 0 aliphatic carbocycles. The number of rotatable bonds is 8. The smallest absolute Gasteiger partial charge is 0.129 e. The number of fused-ring (bicyclic) bond motifs is 1. The van der Waals surface area contributed by atoms with Crippen molar-refractivity contribution in [3.63, 3.8) is 0 Å². The zero-order valence-corrected chi connectivity index (χ0v) is 16.3. The third-order valence-electron chi connectivity index (χ3n) is 4.38. The van der Waals surface area contributed by atoms with Crippen molar-refractivity contribution in [2.45, 2.75) is 32.1 Å². The van der Waals surface area contributed by atoms with Gasteiger partial charge in [0.25, 0.3) is 0 Å². The number of hydrogen-bond donors (Lipinski definition) is 1. The van der Waals surface area contributed by atoms with Crippen LogP contribution in [0.2, 0.25) is 0 Å². The maximum absolute atomic E-state index is 5.21. The lowest BCUT2D eigenvalue weighted by atomic mass is 10.1. The van der Waals surface area contributed by atoms with Crippen LogP contribution in [0.3, 0.4) is 0 Å². The Morgan fingerprint density at radius 2 is 2.00 bits per heavy atom. The van der Waals surface area contributed by atoms with Crippen LogP contribution in [-0.2, 0) is 9.78 Å². The largest absolute Gasteiger partial charge is 0.497 e. The van der Waals surface area contributed by atoms with Crippen LogP contribution in [0, 0.1) is 0 Å². The summed E-state index contributed by atoms with van der Waals surface area (Å²) in [6.07, 6.45) is 10.4. The summed E-state index contributed by atoms with van der Waals surface area (Å²) in [6, 6.07) is 8.35. The molecule has 0 saturated carbocycles. The molecule has 1 aromatic rings. The van der Waals surface area contributed by atoms with Crippen molar-refractivity contribution in [2.24, 2.45) is 4.99 Å². The van der Waals surface area contributed by atoms with Gasteiger partial charge < -0.3 is 9.64 Å². The predicted octanol–water partition coefficient (Wildman–Crippen LogP) is 3.15. The molecule has 2 aliphatic heterocycles. The first-order valence-corrected chi connectivity index (χ1v) is 9.09. The number of nitrogens with one attached hydrogen (secondary N) is 1. The molecule has 0 spiro atoms. The van der Waals surface area contributed by atoms with Crippen LogP contribution in [0.15, 0.2) is 59.3 Å². The van der Waals surface area contributed by atoms with Gasteiger partial charge in [-0.1, -0.05) is 24.3 Å². The maximum atomic E-state index is 5.21. The van der Waals surface area contributed by atoms with E-state index in [9.17, 15) is 0 Å². The Labute approximate surface area is 160 Å². The van der Waals surface area contributed by atoms with Crippen LogP contribution in [0.1, 0.15) is 19.4 Å². The fraction of sp³-hybridized carbons (Fsp3) is 0.381. The summed E-state index contributed by atoms with van der Waals surface area (Å²) in [7, 11) is 3.18. The van der Waals surface area contributed by atoms with E-state index in [1.807, 2.05) is 36.4 Å². The Bertz CT molecular complexity index is 750. The summed E-state index contributed by atoms with van der Waals surface area (Å²) >= 11 is 0. The summed E-state index contributed by atoms with van der Waals surface area (Å²) in [6.45, 7) is 4.68. The zero-order chi connectivity index (χ0) is 19.2. The van der Waals surface area contributed by atoms with E-state index < -0.39 is 0 Å². The van der Waals surface area contributed by atoms with Crippen molar-refractivity contribution >= 4 is 11.9 Å². The molecule has 0 radical (unpaired) electrons. The Hall–Kier alpha value is -2.41. The van der Waals surface area contributed by atoms with Crippen LogP contribution in [0.5, 0.6) is 5.75 Å². The zero-order valence-electron chi connectivity index (χ0n) is 16.3. The van der Waals surface area contributed by atoms with E-state index in [1.54, 1.807) is 7.11 Å². The second-order valence-corrected chi connectivity index (χ2v) is 6.75. The van der Waals surface area contributed by atoms with E-state index in [1.165, 1.54) is 7.11 Å². The molecule has 6 nitrogen and oxygen atoms in total. The molecule has 1 aromatic carbocycles. The molecule has 0 amide bonds. The van der Waals surface area contributed by atoms with Crippen molar-refractivity contribution in [1.82, 2.24) is 10.2 Å². The van der Waals surface area contributed by atoms with Crippen LogP contribution >= 0.6 is 0 Å². The van der Waals surface area contributed by atoms with E-state index in [0.717, 1.165) is 22.7 Å². The molecule has 3 rings (SSSR count). The molecule has 0 saturated heterocycles. The first-order valence-electron chi connectivity index (χ1n) is 9.09. The minimum atomic E-state index is 0.00750. The Morgan fingerprint density at radius 1 is 1.22 bits per heavy atom. The monoisotopic (exact) mass is 369 g/mol. The summed E-state index contributed by atoms with van der Waals surface area (Å²) < 4.78 is 5.21. The number of amidine groups is 1. The van der Waals surface area contributed by atoms with Crippen LogP contribution in [0.25, 0.3) is 6.08 Å². The third kappa shape index (κ3) is 4.86. The summed E-state index contributed by atoms with van der Waals surface area (Å²) in [5.41, 5.74) is 2.14. The highest BCUT2D eigenvalue weighted by molar-refractivity contribution is 5.97. The highest BCUT2D eigenvalue weighted by atomic mass is 17.2. The summed E-state index contributed by atoms with van der Waals surface area (Å²) in [5, 5.41) is 3.61. The summed E-state index contributed by atoms with van der Waals surface area (Å²) in [4.78, 5) is 16.8. The standard InChI is InChI=1S/C21H27N3O3/c1-15(2)22-21-19(10-7-16-5-8-18(25-3)9-6-16)23-20-13-17(14-27-26-4)11-12-24(20)21/h5-13,15,19,21-22H,14H2,1-4H3/b10-7+. The molecule has 27 heavy (non-hydrogen) atoms. The average molecular weight is 369 g/mol. The van der Waals surface area contributed by atoms with Gasteiger partial charge in [0.05, 0.1) is 14.2 Å². The Balaban J connectivity index is 1.78. The van der Waals surface area contributed by atoms with Gasteiger partial charge in [0.15, 0.2) is 0 Å². The summed E-state index contributed by atoms with van der Waals surface area (Å²) in [5.74, 6) is 1.78. The molecular weight excluding hydrogens is 342 g/mol. The van der Waals surface area contributed by atoms with Gasteiger partial charge in [-0.3, -0.25) is 10.3 Å². The van der Waals surface area contributed by atoms with E-state index in [4.69, 9.17) is 19.5 Å². The lowest BCUT2D eigenvalue weighted by Gasteiger charge is -2.30. The van der Waals surface area contributed by atoms with Crippen molar-refractivity contribution < 1.29 is 14.5 Å². The number of benzene rings is 1. The number of ether oxygens (including phenoxy) is 1. The van der Waals surface area contributed by atoms with Crippen molar-refractivity contribution in [1.29, 1.82) is 0 Å². The molecule has 2 unspecified atom stereocenters. The molecule has 2 heterocycles. The van der Waals surface area contributed by atoms with E-state index in [0.29, 0.717) is 12.6 Å². The van der Waals surface area contributed by atoms with Gasteiger partial charge in [0.1, 0.15) is 30.4 Å². The van der Waals surface area contributed by atoms with Gasteiger partial charge in [-0.05, 0) is 49.3 Å². The van der Waals surface area contributed by atoms with E-state index in [2.05, 4.69) is 42.4 Å². The second kappa shape index (κ2) is 8.99. The lowest BCUT2D eigenvalue weighted by Crippen LogP contribution is -2.49. The van der Waals surface area contributed by atoms with Gasteiger partial charge in [-0.2, -0.15) is 0 Å². The molecule has 144 valence electrons. The van der Waals surface area contributed by atoms with Gasteiger partial charge in [-0.25, -0.2) is 9.78 Å². The quantitative estimate of drug-likeness (QED) is 0.564. The van der Waals surface area contributed by atoms with Crippen LogP contribution in [0.4, 0.5) is 0 Å².